The number of aromatic nitrogens is 1. The van der Waals surface area contributed by atoms with Crippen LogP contribution < -0.4 is 5.73 Å². The third kappa shape index (κ3) is 5.00. The number of hydrogen-bond donors (Lipinski definition) is 1. The van der Waals surface area contributed by atoms with Crippen LogP contribution in [0.3, 0.4) is 0 Å². The lowest BCUT2D eigenvalue weighted by Gasteiger charge is -2.18. The lowest BCUT2D eigenvalue weighted by molar-refractivity contribution is -0.384. The van der Waals surface area contributed by atoms with E-state index in [1.165, 1.54) is 24.4 Å². The molecule has 0 aromatic carbocycles. The quantitative estimate of drug-likeness (QED) is 0.622. The van der Waals surface area contributed by atoms with E-state index in [9.17, 15) is 10.1 Å². The Balaban J connectivity index is 0.000000199. The zero-order chi connectivity index (χ0) is 13.4. The predicted octanol–water partition coefficient (Wildman–Crippen LogP) is 0.951. The molecule has 7 nitrogen and oxygen atoms in total. The van der Waals surface area contributed by atoms with Crippen LogP contribution in [0.2, 0.25) is 0 Å². The van der Waals surface area contributed by atoms with E-state index in [1.807, 2.05) is 0 Å². The second-order valence-corrected chi connectivity index (χ2v) is 3.38. The number of nitro groups is 1. The Hall–Kier alpha value is -1.83. The molecule has 1 aliphatic rings. The summed E-state index contributed by atoms with van der Waals surface area (Å²) < 4.78 is 9.86. The van der Waals surface area contributed by atoms with Crippen LogP contribution in [-0.2, 0) is 9.47 Å². The van der Waals surface area contributed by atoms with Gasteiger partial charge >= 0.3 is 0 Å². The molecule has 1 saturated heterocycles. The Morgan fingerprint density at radius 2 is 2.39 bits per heavy atom. The van der Waals surface area contributed by atoms with Crippen molar-refractivity contribution >= 4 is 11.8 Å². The van der Waals surface area contributed by atoms with Gasteiger partial charge in [-0.1, -0.05) is 6.58 Å². The van der Waals surface area contributed by atoms with E-state index in [2.05, 4.69) is 11.6 Å². The number of nitrogens with zero attached hydrogens (tertiary/aromatic N) is 2. The molecule has 2 N–H and O–H groups in total. The normalized spacial score (nSPS) is 18.4. The van der Waals surface area contributed by atoms with Crippen LogP contribution in [-0.4, -0.2) is 36.0 Å². The van der Waals surface area contributed by atoms with Gasteiger partial charge in [0.1, 0.15) is 6.23 Å². The van der Waals surface area contributed by atoms with E-state index in [1.54, 1.807) is 0 Å². The van der Waals surface area contributed by atoms with Crippen molar-refractivity contribution in [3.05, 3.63) is 40.7 Å². The van der Waals surface area contributed by atoms with Crippen molar-refractivity contribution in [2.45, 2.75) is 6.23 Å². The molecule has 1 aliphatic heterocycles. The van der Waals surface area contributed by atoms with Crippen molar-refractivity contribution in [3.8, 4) is 0 Å². The van der Waals surface area contributed by atoms with Crippen molar-refractivity contribution in [2.24, 2.45) is 5.73 Å². The molecule has 0 aliphatic carbocycles. The maximum absolute atomic E-state index is 10.2. The van der Waals surface area contributed by atoms with Crippen molar-refractivity contribution in [1.29, 1.82) is 0 Å². The van der Waals surface area contributed by atoms with Gasteiger partial charge in [0, 0.05) is 18.3 Å². The van der Waals surface area contributed by atoms with Gasteiger partial charge in [-0.2, -0.15) is 0 Å². The van der Waals surface area contributed by atoms with Gasteiger partial charge in [0.25, 0.3) is 5.69 Å². The summed E-state index contributed by atoms with van der Waals surface area (Å²) in [7, 11) is 0. The molecule has 1 aromatic heterocycles. The van der Waals surface area contributed by atoms with Gasteiger partial charge in [-0.05, 0) is 6.08 Å². The van der Waals surface area contributed by atoms with Gasteiger partial charge in [0.15, 0.2) is 0 Å². The molecule has 2 rings (SSSR count). The summed E-state index contributed by atoms with van der Waals surface area (Å²) in [6.07, 6.45) is 2.66. The van der Waals surface area contributed by atoms with E-state index < -0.39 is 4.92 Å². The summed E-state index contributed by atoms with van der Waals surface area (Å²) in [6, 6.07) is 2.71. The number of ether oxygens (including phenoxy) is 2. The molecule has 1 fully saturated rings. The highest BCUT2D eigenvalue weighted by molar-refractivity contribution is 5.46. The Morgan fingerprint density at radius 3 is 2.83 bits per heavy atom. The predicted molar refractivity (Wildman–Crippen MR) is 65.7 cm³/mol. The van der Waals surface area contributed by atoms with E-state index in [0.29, 0.717) is 25.5 Å². The highest BCUT2D eigenvalue weighted by Crippen LogP contribution is 2.10. The molecule has 0 spiro atoms. The first-order valence-corrected chi connectivity index (χ1v) is 5.31. The van der Waals surface area contributed by atoms with Crippen LogP contribution in [0.4, 0.5) is 5.69 Å². The number of pyridine rings is 1. The zero-order valence-electron chi connectivity index (χ0n) is 9.82. The fourth-order valence-electron chi connectivity index (χ4n) is 1.17. The average Bonchev–Trinajstić information content (AvgIpc) is 2.40. The first-order chi connectivity index (χ1) is 8.63. The molecular formula is C11H15N3O4. The van der Waals surface area contributed by atoms with Gasteiger partial charge < -0.3 is 15.2 Å². The maximum Gasteiger partial charge on any atom is 0.273 e. The Labute approximate surface area is 104 Å². The van der Waals surface area contributed by atoms with Crippen molar-refractivity contribution in [3.63, 3.8) is 0 Å². The van der Waals surface area contributed by atoms with Gasteiger partial charge in [0.05, 0.1) is 30.4 Å². The number of nitrogens with two attached hydrogens (primary N) is 1. The summed E-state index contributed by atoms with van der Waals surface area (Å²) in [4.78, 5) is 13.6. The van der Waals surface area contributed by atoms with E-state index in [4.69, 9.17) is 15.2 Å². The molecule has 7 heteroatoms. The fraction of sp³-hybridized carbons (Fsp3) is 0.364. The van der Waals surface area contributed by atoms with E-state index in [0.717, 1.165) is 0 Å². The lowest BCUT2D eigenvalue weighted by atomic mass is 10.3. The van der Waals surface area contributed by atoms with Gasteiger partial charge in [-0.3, -0.25) is 15.1 Å². The summed E-state index contributed by atoms with van der Waals surface area (Å²) in [5, 5.41) is 10.2. The summed E-state index contributed by atoms with van der Waals surface area (Å²) in [5.74, 6) is 0. The minimum Gasteiger partial charge on any atom is -0.375 e. The molecule has 2 heterocycles. The molecule has 98 valence electrons. The molecule has 0 radical (unpaired) electrons. The lowest BCUT2D eigenvalue weighted by Crippen LogP contribution is -2.35. The Morgan fingerprint density at radius 1 is 1.61 bits per heavy atom. The monoisotopic (exact) mass is 253 g/mol. The fourth-order valence-corrected chi connectivity index (χ4v) is 1.17. The number of rotatable bonds is 2. The molecule has 18 heavy (non-hydrogen) atoms. The van der Waals surface area contributed by atoms with Crippen molar-refractivity contribution < 1.29 is 14.4 Å². The molecule has 0 saturated carbocycles. The highest BCUT2D eigenvalue weighted by Gasteiger charge is 2.06. The average molecular weight is 253 g/mol. The second kappa shape index (κ2) is 7.49. The number of hydrogen-bond acceptors (Lipinski definition) is 6. The van der Waals surface area contributed by atoms with Crippen molar-refractivity contribution in [1.82, 2.24) is 4.98 Å². The maximum atomic E-state index is 10.2. The molecule has 1 aromatic rings. The third-order valence-corrected chi connectivity index (χ3v) is 2.03. The highest BCUT2D eigenvalue weighted by atomic mass is 16.6. The minimum atomic E-state index is -0.464. The topological polar surface area (TPSA) is 101 Å². The molecule has 1 unspecified atom stereocenters. The van der Waals surface area contributed by atoms with Crippen LogP contribution in [0.1, 0.15) is 5.69 Å². The first kappa shape index (κ1) is 14.2. The second-order valence-electron chi connectivity index (χ2n) is 3.38. The van der Waals surface area contributed by atoms with E-state index >= 15 is 0 Å². The van der Waals surface area contributed by atoms with Crippen LogP contribution in [0.15, 0.2) is 24.9 Å². The van der Waals surface area contributed by atoms with Crippen molar-refractivity contribution in [2.75, 3.05) is 19.8 Å². The summed E-state index contributed by atoms with van der Waals surface area (Å²) in [6.45, 7) is 5.32. The molecule has 0 amide bonds. The van der Waals surface area contributed by atoms with Gasteiger partial charge in [-0.25, -0.2) is 0 Å². The molecule has 0 bridgehead atoms. The van der Waals surface area contributed by atoms with Crippen LogP contribution in [0, 0.1) is 10.1 Å². The largest absolute Gasteiger partial charge is 0.375 e. The van der Waals surface area contributed by atoms with Crippen LogP contribution in [0.25, 0.3) is 6.08 Å². The smallest absolute Gasteiger partial charge is 0.273 e. The van der Waals surface area contributed by atoms with Crippen LogP contribution >= 0.6 is 0 Å². The minimum absolute atomic E-state index is 0.0369. The van der Waals surface area contributed by atoms with Gasteiger partial charge in [0.2, 0.25) is 0 Å². The van der Waals surface area contributed by atoms with E-state index in [-0.39, 0.29) is 11.9 Å². The molecule has 1 atom stereocenters. The van der Waals surface area contributed by atoms with Gasteiger partial charge in [-0.15, -0.1) is 0 Å². The first-order valence-electron chi connectivity index (χ1n) is 5.31. The SMILES string of the molecule is C=Cc1cc([N+](=O)[O-])ccn1.NC1COCCO1. The Kier molecular flexibility index (Phi) is 5.92. The third-order valence-electron chi connectivity index (χ3n) is 2.03. The Bertz CT molecular complexity index is 405. The summed E-state index contributed by atoms with van der Waals surface area (Å²) in [5.41, 5.74) is 5.84. The molecular weight excluding hydrogens is 238 g/mol. The standard InChI is InChI=1S/C7H6N2O2.C4H9NO2/c1-2-6-5-7(9(10)11)3-4-8-6;5-4-3-6-1-2-7-4/h2-5H,1H2;4H,1-3,5H2. The summed E-state index contributed by atoms with van der Waals surface area (Å²) >= 11 is 0. The zero-order valence-corrected chi connectivity index (χ0v) is 9.82. The van der Waals surface area contributed by atoms with Crippen LogP contribution in [0.5, 0.6) is 0 Å².